The van der Waals surface area contributed by atoms with E-state index in [1.165, 1.54) is 0 Å². The summed E-state index contributed by atoms with van der Waals surface area (Å²) in [6.45, 7) is 1.74. The summed E-state index contributed by atoms with van der Waals surface area (Å²) < 4.78 is 0.568. The van der Waals surface area contributed by atoms with E-state index in [4.69, 9.17) is 11.5 Å². The van der Waals surface area contributed by atoms with Crippen molar-refractivity contribution in [3.05, 3.63) is 10.3 Å². The van der Waals surface area contributed by atoms with Crippen LogP contribution in [0.3, 0.4) is 0 Å². The van der Waals surface area contributed by atoms with E-state index in [9.17, 15) is 0 Å². The van der Waals surface area contributed by atoms with Gasteiger partial charge >= 0.3 is 0 Å². The largest absolute Gasteiger partial charge is 0.383 e. The van der Waals surface area contributed by atoms with Crippen molar-refractivity contribution in [3.8, 4) is 0 Å². The Labute approximate surface area is 66.8 Å². The van der Waals surface area contributed by atoms with Gasteiger partial charge in [0, 0.05) is 0 Å². The van der Waals surface area contributed by atoms with Crippen molar-refractivity contribution in [2.75, 3.05) is 11.5 Å². The molecule has 5 heteroatoms. The highest BCUT2D eigenvalue weighted by Gasteiger charge is 2.02. The van der Waals surface area contributed by atoms with E-state index in [0.717, 1.165) is 0 Å². The SMILES string of the molecule is Cc1nc(N)c(Br)c(N)n1. The molecule has 0 aromatic carbocycles. The van der Waals surface area contributed by atoms with E-state index in [0.29, 0.717) is 21.9 Å². The average molecular weight is 203 g/mol. The number of aryl methyl sites for hydroxylation is 1. The molecule has 1 aromatic rings. The summed E-state index contributed by atoms with van der Waals surface area (Å²) in [6, 6.07) is 0. The minimum atomic E-state index is 0.380. The second-order valence-corrected chi connectivity index (χ2v) is 2.65. The van der Waals surface area contributed by atoms with Crippen molar-refractivity contribution in [1.82, 2.24) is 9.97 Å². The molecule has 1 heterocycles. The van der Waals surface area contributed by atoms with Crippen LogP contribution in [-0.2, 0) is 0 Å². The number of nitrogens with two attached hydrogens (primary N) is 2. The van der Waals surface area contributed by atoms with Crippen LogP contribution in [0.5, 0.6) is 0 Å². The van der Waals surface area contributed by atoms with Crippen molar-refractivity contribution < 1.29 is 0 Å². The molecule has 4 N–H and O–H groups in total. The monoisotopic (exact) mass is 202 g/mol. The van der Waals surface area contributed by atoms with Gasteiger partial charge in [0.05, 0.1) is 0 Å². The zero-order chi connectivity index (χ0) is 7.72. The fourth-order valence-corrected chi connectivity index (χ4v) is 0.780. The number of halogens is 1. The first kappa shape index (κ1) is 7.27. The Bertz CT molecular complexity index is 237. The fraction of sp³-hybridized carbons (Fsp3) is 0.200. The van der Waals surface area contributed by atoms with Crippen LogP contribution in [0.4, 0.5) is 11.6 Å². The number of aromatic nitrogens is 2. The number of hydrogen-bond acceptors (Lipinski definition) is 4. The predicted molar refractivity (Wildman–Crippen MR) is 43.3 cm³/mol. The zero-order valence-corrected chi connectivity index (χ0v) is 7.01. The fourth-order valence-electron chi connectivity index (χ4n) is 0.603. The maximum Gasteiger partial charge on any atom is 0.143 e. The average Bonchev–Trinajstić information content (AvgIpc) is 1.82. The number of anilines is 2. The maximum atomic E-state index is 5.44. The Balaban J connectivity index is 3.31. The third kappa shape index (κ3) is 1.18. The lowest BCUT2D eigenvalue weighted by atomic mass is 10.5. The second kappa shape index (κ2) is 2.42. The molecule has 4 nitrogen and oxygen atoms in total. The maximum absolute atomic E-state index is 5.44. The van der Waals surface area contributed by atoms with Gasteiger partial charge in [-0.25, -0.2) is 9.97 Å². The summed E-state index contributed by atoms with van der Waals surface area (Å²) >= 11 is 3.14. The highest BCUT2D eigenvalue weighted by atomic mass is 79.9. The number of hydrogen-bond donors (Lipinski definition) is 2. The highest BCUT2D eigenvalue weighted by Crippen LogP contribution is 2.21. The highest BCUT2D eigenvalue weighted by molar-refractivity contribution is 9.10. The lowest BCUT2D eigenvalue weighted by molar-refractivity contribution is 1.06. The number of nitrogen functional groups attached to an aromatic ring is 2. The summed E-state index contributed by atoms with van der Waals surface area (Å²) in [5, 5.41) is 0. The molecule has 0 aliphatic heterocycles. The first-order valence-corrected chi connectivity index (χ1v) is 3.45. The Kier molecular flexibility index (Phi) is 1.76. The van der Waals surface area contributed by atoms with Crippen LogP contribution in [0.15, 0.2) is 4.47 Å². The van der Waals surface area contributed by atoms with Gasteiger partial charge in [0.15, 0.2) is 0 Å². The van der Waals surface area contributed by atoms with Gasteiger partial charge in [-0.05, 0) is 22.9 Å². The van der Waals surface area contributed by atoms with Gasteiger partial charge in [-0.2, -0.15) is 0 Å². The van der Waals surface area contributed by atoms with Gasteiger partial charge < -0.3 is 11.5 Å². The molecule has 0 saturated carbocycles. The molecule has 1 rings (SSSR count). The molecule has 0 radical (unpaired) electrons. The van der Waals surface area contributed by atoms with Crippen LogP contribution in [0.2, 0.25) is 0 Å². The van der Waals surface area contributed by atoms with E-state index in [-0.39, 0.29) is 0 Å². The topological polar surface area (TPSA) is 77.8 Å². The second-order valence-electron chi connectivity index (χ2n) is 1.86. The molecule has 0 amide bonds. The van der Waals surface area contributed by atoms with Crippen LogP contribution in [0.25, 0.3) is 0 Å². The van der Waals surface area contributed by atoms with Crippen molar-refractivity contribution in [2.24, 2.45) is 0 Å². The Morgan fingerprint density at radius 3 is 2.00 bits per heavy atom. The molecular weight excluding hydrogens is 196 g/mol. The lowest BCUT2D eigenvalue weighted by Gasteiger charge is -2.00. The molecule has 0 spiro atoms. The minimum absolute atomic E-state index is 0.380. The number of rotatable bonds is 0. The van der Waals surface area contributed by atoms with Crippen LogP contribution in [0, 0.1) is 6.92 Å². The summed E-state index contributed by atoms with van der Waals surface area (Å²) in [6.07, 6.45) is 0. The van der Waals surface area contributed by atoms with Crippen LogP contribution in [-0.4, -0.2) is 9.97 Å². The van der Waals surface area contributed by atoms with Gasteiger partial charge in [-0.15, -0.1) is 0 Å². The van der Waals surface area contributed by atoms with E-state index >= 15 is 0 Å². The predicted octanol–water partition coefficient (Wildman–Crippen LogP) is 0.712. The van der Waals surface area contributed by atoms with Gasteiger partial charge in [0.2, 0.25) is 0 Å². The smallest absolute Gasteiger partial charge is 0.143 e. The molecule has 0 atom stereocenters. The first-order chi connectivity index (χ1) is 4.61. The van der Waals surface area contributed by atoms with Gasteiger partial charge in [-0.1, -0.05) is 0 Å². The van der Waals surface area contributed by atoms with Crippen molar-refractivity contribution in [2.45, 2.75) is 6.92 Å². The standard InChI is InChI=1S/C5H7BrN4/c1-2-9-4(7)3(6)5(8)10-2/h1H3,(H4,7,8,9,10). The normalized spacial score (nSPS) is 9.80. The van der Waals surface area contributed by atoms with Gasteiger partial charge in [0.1, 0.15) is 21.9 Å². The summed E-state index contributed by atoms with van der Waals surface area (Å²) in [7, 11) is 0. The molecule has 0 fully saturated rings. The molecule has 0 saturated heterocycles. The van der Waals surface area contributed by atoms with Crippen molar-refractivity contribution in [1.29, 1.82) is 0 Å². The Morgan fingerprint density at radius 1 is 1.20 bits per heavy atom. The van der Waals surface area contributed by atoms with Crippen LogP contribution in [0.1, 0.15) is 5.82 Å². The first-order valence-electron chi connectivity index (χ1n) is 2.66. The van der Waals surface area contributed by atoms with Crippen LogP contribution >= 0.6 is 15.9 Å². The quantitative estimate of drug-likeness (QED) is 0.650. The minimum Gasteiger partial charge on any atom is -0.383 e. The Hall–Kier alpha value is -0.840. The van der Waals surface area contributed by atoms with Crippen molar-refractivity contribution >= 4 is 27.6 Å². The van der Waals surface area contributed by atoms with E-state index in [1.54, 1.807) is 6.92 Å². The molecule has 0 unspecified atom stereocenters. The van der Waals surface area contributed by atoms with Gasteiger partial charge in [0.25, 0.3) is 0 Å². The van der Waals surface area contributed by atoms with Crippen LogP contribution < -0.4 is 11.5 Å². The lowest BCUT2D eigenvalue weighted by Crippen LogP contribution is -2.01. The Morgan fingerprint density at radius 2 is 1.60 bits per heavy atom. The molecule has 10 heavy (non-hydrogen) atoms. The van der Waals surface area contributed by atoms with E-state index < -0.39 is 0 Å². The van der Waals surface area contributed by atoms with Crippen molar-refractivity contribution in [3.63, 3.8) is 0 Å². The molecule has 0 aliphatic carbocycles. The molecule has 0 aliphatic rings. The molecule has 1 aromatic heterocycles. The van der Waals surface area contributed by atoms with Gasteiger partial charge in [-0.3, -0.25) is 0 Å². The molecule has 0 bridgehead atoms. The zero-order valence-electron chi connectivity index (χ0n) is 5.43. The summed E-state index contributed by atoms with van der Waals surface area (Å²) in [5.41, 5.74) is 10.9. The molecular formula is C5H7BrN4. The summed E-state index contributed by atoms with van der Waals surface area (Å²) in [4.78, 5) is 7.75. The third-order valence-corrected chi connectivity index (χ3v) is 1.83. The number of nitrogens with zero attached hydrogens (tertiary/aromatic N) is 2. The summed E-state index contributed by atoms with van der Waals surface area (Å²) in [5.74, 6) is 1.34. The molecule has 54 valence electrons. The van der Waals surface area contributed by atoms with E-state index in [1.807, 2.05) is 0 Å². The van der Waals surface area contributed by atoms with E-state index in [2.05, 4.69) is 25.9 Å². The third-order valence-electron chi connectivity index (χ3n) is 1.01.